The average Bonchev–Trinajstić information content (AvgIpc) is 3.20. The molecule has 0 spiro atoms. The molecular weight excluding hydrogens is 390 g/mol. The molecular formula is C25H25N3OS. The Bertz CT molecular complexity index is 1210. The van der Waals surface area contributed by atoms with Gasteiger partial charge in [0.2, 0.25) is 5.88 Å². The summed E-state index contributed by atoms with van der Waals surface area (Å²) in [6, 6.07) is 16.1. The molecule has 2 aromatic heterocycles. The van der Waals surface area contributed by atoms with E-state index in [1.165, 1.54) is 0 Å². The Hall–Kier alpha value is -3.05. The minimum atomic E-state index is 0.00586. The van der Waals surface area contributed by atoms with Crippen molar-refractivity contribution in [2.45, 2.75) is 32.6 Å². The van der Waals surface area contributed by atoms with E-state index in [0.29, 0.717) is 5.88 Å². The summed E-state index contributed by atoms with van der Waals surface area (Å²) in [6.45, 7) is 6.52. The highest BCUT2D eigenvalue weighted by molar-refractivity contribution is 7.09. The number of aromatic nitrogens is 3. The lowest BCUT2D eigenvalue weighted by molar-refractivity contribution is 0.400. The summed E-state index contributed by atoms with van der Waals surface area (Å²) in [5, 5.41) is 3.27. The predicted molar refractivity (Wildman–Crippen MR) is 125 cm³/mol. The van der Waals surface area contributed by atoms with Crippen LogP contribution < -0.4 is 4.74 Å². The largest absolute Gasteiger partial charge is 0.479 e. The van der Waals surface area contributed by atoms with Crippen LogP contribution in [0.4, 0.5) is 0 Å². The topological polar surface area (TPSA) is 47.9 Å². The van der Waals surface area contributed by atoms with Crippen LogP contribution in [-0.2, 0) is 5.41 Å². The van der Waals surface area contributed by atoms with Crippen LogP contribution in [0.25, 0.3) is 28.4 Å². The number of fused-ring (bicyclic) bond motifs is 1. The molecule has 2 aromatic carbocycles. The number of ether oxygens (including phenoxy) is 1. The Morgan fingerprint density at radius 3 is 2.47 bits per heavy atom. The molecule has 0 saturated heterocycles. The summed E-state index contributed by atoms with van der Waals surface area (Å²) in [6.07, 6.45) is 5.29. The highest BCUT2D eigenvalue weighted by Crippen LogP contribution is 2.31. The van der Waals surface area contributed by atoms with E-state index in [-0.39, 0.29) is 5.41 Å². The van der Waals surface area contributed by atoms with Crippen LogP contribution in [0.1, 0.15) is 36.5 Å². The fraction of sp³-hybridized carbons (Fsp3) is 0.240. The zero-order chi connectivity index (χ0) is 21.1. The standard InChI is InChI=1S/C25H25N3OS/c1-17-26-22(16-30-17)25(2,3)14-8-10-18-9-7-11-19(15-18)23-24(29-4)28-21-13-6-5-12-20(21)27-23/h5-13,15-16H,14H2,1-4H3/b10-8+. The normalized spacial score (nSPS) is 12.0. The molecule has 0 amide bonds. The predicted octanol–water partition coefficient (Wildman–Crippen LogP) is 6.45. The van der Waals surface area contributed by atoms with E-state index in [0.717, 1.165) is 45.0 Å². The number of nitrogens with zero attached hydrogens (tertiary/aromatic N) is 3. The smallest absolute Gasteiger partial charge is 0.240 e. The van der Waals surface area contributed by atoms with E-state index >= 15 is 0 Å². The van der Waals surface area contributed by atoms with Gasteiger partial charge in [-0.05, 0) is 37.1 Å². The third-order valence-electron chi connectivity index (χ3n) is 5.14. The first kappa shape index (κ1) is 20.2. The second-order valence-corrected chi connectivity index (χ2v) is 9.00. The van der Waals surface area contributed by atoms with Gasteiger partial charge in [0.25, 0.3) is 0 Å². The molecule has 0 unspecified atom stereocenters. The van der Waals surface area contributed by atoms with E-state index < -0.39 is 0 Å². The molecule has 0 radical (unpaired) electrons. The van der Waals surface area contributed by atoms with Gasteiger partial charge in [-0.15, -0.1) is 11.3 Å². The summed E-state index contributed by atoms with van der Waals surface area (Å²) >= 11 is 1.70. The summed E-state index contributed by atoms with van der Waals surface area (Å²) < 4.78 is 5.53. The van der Waals surface area contributed by atoms with Crippen molar-refractivity contribution in [3.8, 4) is 17.1 Å². The van der Waals surface area contributed by atoms with Gasteiger partial charge in [0.15, 0.2) is 0 Å². The molecule has 0 saturated carbocycles. The van der Waals surface area contributed by atoms with E-state index in [1.807, 2.05) is 36.4 Å². The molecule has 0 fully saturated rings. The lowest BCUT2D eigenvalue weighted by Crippen LogP contribution is -2.16. The molecule has 0 aliphatic heterocycles. The Morgan fingerprint density at radius 1 is 1.00 bits per heavy atom. The molecule has 0 aliphatic carbocycles. The number of benzene rings is 2. The number of rotatable bonds is 6. The second-order valence-electron chi connectivity index (χ2n) is 7.94. The van der Waals surface area contributed by atoms with Crippen LogP contribution >= 0.6 is 11.3 Å². The third-order valence-corrected chi connectivity index (χ3v) is 5.92. The number of methoxy groups -OCH3 is 1. The summed E-state index contributed by atoms with van der Waals surface area (Å²) in [7, 11) is 1.63. The molecule has 4 nitrogen and oxygen atoms in total. The maximum atomic E-state index is 5.53. The van der Waals surface area contributed by atoms with Gasteiger partial charge >= 0.3 is 0 Å². The molecule has 5 heteroatoms. The van der Waals surface area contributed by atoms with Gasteiger partial charge in [-0.2, -0.15) is 0 Å². The Kier molecular flexibility index (Phi) is 5.64. The molecule has 0 bridgehead atoms. The second kappa shape index (κ2) is 8.36. The lowest BCUT2D eigenvalue weighted by Gasteiger charge is -2.20. The SMILES string of the molecule is COc1nc2ccccc2nc1-c1cccc(/C=C/CC(C)(C)c2csc(C)n2)c1. The molecule has 0 N–H and O–H groups in total. The van der Waals surface area contributed by atoms with Crippen molar-refractivity contribution in [1.82, 2.24) is 15.0 Å². The number of aryl methyl sites for hydroxylation is 1. The van der Waals surface area contributed by atoms with Gasteiger partial charge in [-0.1, -0.05) is 56.3 Å². The highest BCUT2D eigenvalue weighted by Gasteiger charge is 2.21. The van der Waals surface area contributed by atoms with Crippen LogP contribution in [-0.4, -0.2) is 22.1 Å². The van der Waals surface area contributed by atoms with Crippen LogP contribution in [0.2, 0.25) is 0 Å². The van der Waals surface area contributed by atoms with Crippen LogP contribution in [0, 0.1) is 6.92 Å². The minimum absolute atomic E-state index is 0.00586. The highest BCUT2D eigenvalue weighted by atomic mass is 32.1. The van der Waals surface area contributed by atoms with E-state index in [4.69, 9.17) is 9.72 Å². The Balaban J connectivity index is 1.60. The molecule has 4 rings (SSSR count). The van der Waals surface area contributed by atoms with Crippen LogP contribution in [0.15, 0.2) is 60.0 Å². The molecule has 152 valence electrons. The van der Waals surface area contributed by atoms with Gasteiger partial charge in [-0.25, -0.2) is 15.0 Å². The van der Waals surface area contributed by atoms with Crippen molar-refractivity contribution < 1.29 is 4.74 Å². The lowest BCUT2D eigenvalue weighted by atomic mass is 9.86. The van der Waals surface area contributed by atoms with Gasteiger partial charge in [0, 0.05) is 16.4 Å². The van der Waals surface area contributed by atoms with Crippen molar-refractivity contribution in [2.75, 3.05) is 7.11 Å². The Labute approximate surface area is 181 Å². The van der Waals surface area contributed by atoms with Crippen molar-refractivity contribution in [1.29, 1.82) is 0 Å². The maximum absolute atomic E-state index is 5.53. The number of hydrogen-bond donors (Lipinski definition) is 0. The third kappa shape index (κ3) is 4.26. The van der Waals surface area contributed by atoms with Crippen LogP contribution in [0.5, 0.6) is 5.88 Å². The summed E-state index contributed by atoms with van der Waals surface area (Å²) in [4.78, 5) is 14.1. The first-order chi connectivity index (χ1) is 14.5. The Morgan fingerprint density at radius 2 is 1.77 bits per heavy atom. The van der Waals surface area contributed by atoms with Gasteiger partial charge in [0.1, 0.15) is 5.69 Å². The average molecular weight is 416 g/mol. The molecule has 2 heterocycles. The number of allylic oxidation sites excluding steroid dienone is 1. The van der Waals surface area contributed by atoms with Gasteiger partial charge < -0.3 is 4.74 Å². The zero-order valence-electron chi connectivity index (χ0n) is 17.7. The van der Waals surface area contributed by atoms with Gasteiger partial charge in [0.05, 0.1) is 28.8 Å². The summed E-state index contributed by atoms with van der Waals surface area (Å²) in [5.41, 5.74) is 5.70. The molecule has 4 aromatic rings. The zero-order valence-corrected chi connectivity index (χ0v) is 18.5. The van der Waals surface area contributed by atoms with E-state index in [9.17, 15) is 0 Å². The molecule has 0 atom stereocenters. The summed E-state index contributed by atoms with van der Waals surface area (Å²) in [5.74, 6) is 0.537. The number of hydrogen-bond acceptors (Lipinski definition) is 5. The van der Waals surface area contributed by atoms with Crippen molar-refractivity contribution in [2.24, 2.45) is 0 Å². The van der Waals surface area contributed by atoms with Gasteiger partial charge in [-0.3, -0.25) is 0 Å². The fourth-order valence-corrected chi connectivity index (χ4v) is 4.18. The van der Waals surface area contributed by atoms with Crippen molar-refractivity contribution >= 4 is 28.4 Å². The first-order valence-corrected chi connectivity index (χ1v) is 10.8. The fourth-order valence-electron chi connectivity index (χ4n) is 3.37. The first-order valence-electron chi connectivity index (χ1n) is 9.97. The molecule has 0 aliphatic rings. The van der Waals surface area contributed by atoms with Crippen molar-refractivity contribution in [3.05, 3.63) is 76.3 Å². The minimum Gasteiger partial charge on any atom is -0.479 e. The van der Waals surface area contributed by atoms with Crippen molar-refractivity contribution in [3.63, 3.8) is 0 Å². The quantitative estimate of drug-likeness (QED) is 0.363. The number of thiazole rings is 1. The van der Waals surface area contributed by atoms with E-state index in [2.05, 4.69) is 60.4 Å². The molecule has 30 heavy (non-hydrogen) atoms. The monoisotopic (exact) mass is 415 g/mol. The van der Waals surface area contributed by atoms with E-state index in [1.54, 1.807) is 18.4 Å². The van der Waals surface area contributed by atoms with Crippen LogP contribution in [0.3, 0.4) is 0 Å². The maximum Gasteiger partial charge on any atom is 0.240 e. The number of para-hydroxylation sites is 2.